The van der Waals surface area contributed by atoms with Crippen LogP contribution in [0, 0.1) is 0 Å². The van der Waals surface area contributed by atoms with Gasteiger partial charge in [0.05, 0.1) is 6.04 Å². The van der Waals surface area contributed by atoms with Crippen LogP contribution in [0.4, 0.5) is 0 Å². The average Bonchev–Trinajstić information content (AvgIpc) is 2.61. The number of piperazine rings is 1. The van der Waals surface area contributed by atoms with Gasteiger partial charge in [0, 0.05) is 53.0 Å². The molecule has 1 aliphatic rings. The smallest absolute Gasteiger partial charge is 0.254 e. The molecule has 4 nitrogen and oxygen atoms in total. The Hall–Kier alpha value is -1.40. The summed E-state index contributed by atoms with van der Waals surface area (Å²) in [5, 5.41) is 4.02. The van der Waals surface area contributed by atoms with Crippen molar-refractivity contribution in [1.82, 2.24) is 10.2 Å². The number of halogens is 2. The number of rotatable bonds is 4. The summed E-state index contributed by atoms with van der Waals surface area (Å²) in [4.78, 5) is 15.0. The monoisotopic (exact) mass is 412 g/mol. The fraction of sp³-hybridized carbons (Fsp3) is 0.316. The van der Waals surface area contributed by atoms with Gasteiger partial charge in [-0.05, 0) is 35.4 Å². The van der Waals surface area contributed by atoms with E-state index in [9.17, 15) is 9.00 Å². The van der Waals surface area contributed by atoms with E-state index in [-0.39, 0.29) is 24.4 Å². The van der Waals surface area contributed by atoms with Crippen LogP contribution in [0.2, 0.25) is 5.02 Å². The van der Waals surface area contributed by atoms with Crippen molar-refractivity contribution in [2.75, 3.05) is 25.9 Å². The van der Waals surface area contributed by atoms with Gasteiger partial charge >= 0.3 is 0 Å². The van der Waals surface area contributed by atoms with Gasteiger partial charge in [-0.2, -0.15) is 0 Å². The minimum atomic E-state index is -0.932. The zero-order valence-corrected chi connectivity index (χ0v) is 16.9. The summed E-state index contributed by atoms with van der Waals surface area (Å²) in [7, 11) is -0.932. The van der Waals surface area contributed by atoms with Crippen LogP contribution in [0.15, 0.2) is 48.5 Å². The van der Waals surface area contributed by atoms with Crippen molar-refractivity contribution in [1.29, 1.82) is 0 Å². The second kappa shape index (κ2) is 9.51. The molecule has 7 heteroatoms. The molecule has 2 aromatic carbocycles. The molecular weight excluding hydrogens is 391 g/mol. The molecule has 2 atom stereocenters. The van der Waals surface area contributed by atoms with Crippen molar-refractivity contribution in [3.8, 4) is 0 Å². The number of nitrogens with one attached hydrogen (secondary N) is 1. The SMILES string of the molecule is CS(=O)Cc1cccc(C(=O)N2CCNCC2c2cccc(Cl)c2)c1.Cl. The molecule has 1 heterocycles. The Morgan fingerprint density at radius 3 is 2.77 bits per heavy atom. The number of hydrogen-bond donors (Lipinski definition) is 1. The first-order chi connectivity index (χ1) is 12.0. The van der Waals surface area contributed by atoms with Gasteiger partial charge in [-0.25, -0.2) is 0 Å². The lowest BCUT2D eigenvalue weighted by Crippen LogP contribution is -2.48. The molecule has 26 heavy (non-hydrogen) atoms. The van der Waals surface area contributed by atoms with Gasteiger partial charge in [0.15, 0.2) is 0 Å². The molecule has 1 aliphatic heterocycles. The van der Waals surface area contributed by atoms with Gasteiger partial charge in [-0.15, -0.1) is 12.4 Å². The molecule has 0 aliphatic carbocycles. The maximum atomic E-state index is 13.1. The van der Waals surface area contributed by atoms with Crippen molar-refractivity contribution in [2.24, 2.45) is 0 Å². The zero-order valence-electron chi connectivity index (χ0n) is 14.5. The van der Waals surface area contributed by atoms with E-state index >= 15 is 0 Å². The van der Waals surface area contributed by atoms with Crippen LogP contribution in [0.3, 0.4) is 0 Å². The summed E-state index contributed by atoms with van der Waals surface area (Å²) in [5.74, 6) is 0.454. The summed E-state index contributed by atoms with van der Waals surface area (Å²) in [6, 6.07) is 15.0. The maximum absolute atomic E-state index is 13.1. The Kier molecular flexibility index (Phi) is 7.65. The number of carbonyl (C=O) groups is 1. The molecule has 1 N–H and O–H groups in total. The van der Waals surface area contributed by atoms with Gasteiger partial charge in [-0.3, -0.25) is 9.00 Å². The van der Waals surface area contributed by atoms with E-state index in [1.54, 1.807) is 6.26 Å². The molecule has 0 bridgehead atoms. The zero-order chi connectivity index (χ0) is 17.8. The first kappa shape index (κ1) is 20.9. The lowest BCUT2D eigenvalue weighted by molar-refractivity contribution is 0.0634. The van der Waals surface area contributed by atoms with Crippen LogP contribution < -0.4 is 5.32 Å². The lowest BCUT2D eigenvalue weighted by atomic mass is 10.0. The third-order valence-electron chi connectivity index (χ3n) is 4.28. The third-order valence-corrected chi connectivity index (χ3v) is 5.26. The van der Waals surface area contributed by atoms with Crippen LogP contribution in [0.25, 0.3) is 0 Å². The standard InChI is InChI=1S/C19H21ClN2O2S.ClH/c1-25(24)13-14-4-2-6-16(10-14)19(23)22-9-8-21-12-18(22)15-5-3-7-17(20)11-15;/h2-7,10-11,18,21H,8-9,12-13H2,1H3;1H. The summed E-state index contributed by atoms with van der Waals surface area (Å²) in [6.07, 6.45) is 1.67. The van der Waals surface area contributed by atoms with Gasteiger partial charge < -0.3 is 10.2 Å². The molecule has 1 saturated heterocycles. The van der Waals surface area contributed by atoms with Gasteiger partial charge in [-0.1, -0.05) is 35.9 Å². The maximum Gasteiger partial charge on any atom is 0.254 e. The molecule has 1 amide bonds. The fourth-order valence-corrected chi connectivity index (χ4v) is 4.00. The second-order valence-corrected chi connectivity index (χ2v) is 8.06. The first-order valence-corrected chi connectivity index (χ1v) is 10.3. The summed E-state index contributed by atoms with van der Waals surface area (Å²) >= 11 is 6.12. The number of carbonyl (C=O) groups excluding carboxylic acids is 1. The summed E-state index contributed by atoms with van der Waals surface area (Å²) in [6.45, 7) is 2.10. The highest BCUT2D eigenvalue weighted by Gasteiger charge is 2.28. The molecule has 2 aromatic rings. The summed E-state index contributed by atoms with van der Waals surface area (Å²) in [5.41, 5.74) is 2.58. The van der Waals surface area contributed by atoms with Crippen molar-refractivity contribution in [2.45, 2.75) is 11.8 Å². The van der Waals surface area contributed by atoms with Crippen LogP contribution >= 0.6 is 24.0 Å². The van der Waals surface area contributed by atoms with E-state index in [0.29, 0.717) is 29.4 Å². The number of amides is 1. The topological polar surface area (TPSA) is 49.4 Å². The number of nitrogens with zero attached hydrogens (tertiary/aromatic N) is 1. The molecule has 2 unspecified atom stereocenters. The predicted octanol–water partition coefficient (Wildman–Crippen LogP) is 3.43. The number of hydrogen-bond acceptors (Lipinski definition) is 3. The van der Waals surface area contributed by atoms with Gasteiger partial charge in [0.25, 0.3) is 5.91 Å². The van der Waals surface area contributed by atoms with E-state index < -0.39 is 10.8 Å². The van der Waals surface area contributed by atoms with Gasteiger partial charge in [0.2, 0.25) is 0 Å². The molecular formula is C19H22Cl2N2O2S. The Balaban J connectivity index is 0.00000243. The number of benzene rings is 2. The largest absolute Gasteiger partial charge is 0.329 e. The fourth-order valence-electron chi connectivity index (χ4n) is 3.15. The van der Waals surface area contributed by atoms with Crippen molar-refractivity contribution < 1.29 is 9.00 Å². The van der Waals surface area contributed by atoms with Crippen molar-refractivity contribution in [3.63, 3.8) is 0 Å². The molecule has 140 valence electrons. The average molecular weight is 413 g/mol. The Morgan fingerprint density at radius 1 is 1.27 bits per heavy atom. The van der Waals surface area contributed by atoms with Crippen molar-refractivity contribution >= 4 is 40.7 Å². The molecule has 0 saturated carbocycles. The van der Waals surface area contributed by atoms with E-state index in [4.69, 9.17) is 11.6 Å². The lowest BCUT2D eigenvalue weighted by Gasteiger charge is -2.36. The Morgan fingerprint density at radius 2 is 2.04 bits per heavy atom. The molecule has 0 spiro atoms. The van der Waals surface area contributed by atoms with E-state index in [0.717, 1.165) is 17.7 Å². The van der Waals surface area contributed by atoms with Crippen LogP contribution in [0.1, 0.15) is 27.5 Å². The first-order valence-electron chi connectivity index (χ1n) is 8.21. The predicted molar refractivity (Wildman–Crippen MR) is 110 cm³/mol. The van der Waals surface area contributed by atoms with Crippen LogP contribution in [0.5, 0.6) is 0 Å². The van der Waals surface area contributed by atoms with Crippen LogP contribution in [-0.2, 0) is 16.6 Å². The highest BCUT2D eigenvalue weighted by Crippen LogP contribution is 2.26. The molecule has 0 radical (unpaired) electrons. The van der Waals surface area contributed by atoms with Gasteiger partial charge in [0.1, 0.15) is 0 Å². The van der Waals surface area contributed by atoms with Crippen LogP contribution in [-0.4, -0.2) is 40.9 Å². The molecule has 0 aromatic heterocycles. The highest BCUT2D eigenvalue weighted by molar-refractivity contribution is 7.83. The van der Waals surface area contributed by atoms with E-state index in [1.807, 2.05) is 53.4 Å². The molecule has 3 rings (SSSR count). The minimum Gasteiger partial charge on any atom is -0.329 e. The second-order valence-electron chi connectivity index (χ2n) is 6.19. The third kappa shape index (κ3) is 5.07. The minimum absolute atomic E-state index is 0. The quantitative estimate of drug-likeness (QED) is 0.836. The molecule has 1 fully saturated rings. The van der Waals surface area contributed by atoms with E-state index in [1.165, 1.54) is 0 Å². The Bertz CT molecular complexity index is 801. The summed E-state index contributed by atoms with van der Waals surface area (Å²) < 4.78 is 11.5. The highest BCUT2D eigenvalue weighted by atomic mass is 35.5. The normalized spacial score (nSPS) is 18.1. The Labute approximate surface area is 167 Å². The van der Waals surface area contributed by atoms with E-state index in [2.05, 4.69) is 5.32 Å². The van der Waals surface area contributed by atoms with Crippen molar-refractivity contribution in [3.05, 3.63) is 70.2 Å².